The van der Waals surface area contributed by atoms with E-state index < -0.39 is 9.84 Å². The Morgan fingerprint density at radius 2 is 1.68 bits per heavy atom. The quantitative estimate of drug-likeness (QED) is 0.882. The Bertz CT molecular complexity index is 742. The fraction of sp³-hybridized carbons (Fsp3) is 0.188. The number of sulfone groups is 1. The van der Waals surface area contributed by atoms with Crippen molar-refractivity contribution < 1.29 is 17.9 Å². The van der Waals surface area contributed by atoms with Crippen LogP contribution in [-0.4, -0.2) is 33.7 Å². The molecule has 6 heteroatoms. The SMILES string of the molecule is COc1ccccc1C(=O)NCCS(=O)(=O)c1ccccc1. The Labute approximate surface area is 129 Å². The Kier molecular flexibility index (Phi) is 5.16. The van der Waals surface area contributed by atoms with Gasteiger partial charge in [0.05, 0.1) is 23.3 Å². The van der Waals surface area contributed by atoms with Crippen LogP contribution in [0.4, 0.5) is 0 Å². The minimum Gasteiger partial charge on any atom is -0.496 e. The molecule has 116 valence electrons. The molecule has 0 aliphatic carbocycles. The number of carbonyl (C=O) groups excluding carboxylic acids is 1. The normalized spacial score (nSPS) is 11.0. The lowest BCUT2D eigenvalue weighted by molar-refractivity contribution is 0.0953. The third-order valence-electron chi connectivity index (χ3n) is 3.11. The Hall–Kier alpha value is -2.34. The highest BCUT2D eigenvalue weighted by atomic mass is 32.2. The van der Waals surface area contributed by atoms with Gasteiger partial charge in [0.2, 0.25) is 0 Å². The van der Waals surface area contributed by atoms with Gasteiger partial charge in [-0.05, 0) is 24.3 Å². The third-order valence-corrected chi connectivity index (χ3v) is 4.84. The highest BCUT2D eigenvalue weighted by Gasteiger charge is 2.15. The van der Waals surface area contributed by atoms with E-state index in [1.54, 1.807) is 42.5 Å². The summed E-state index contributed by atoms with van der Waals surface area (Å²) in [4.78, 5) is 12.3. The summed E-state index contributed by atoms with van der Waals surface area (Å²) in [5, 5.41) is 2.60. The molecule has 0 unspecified atom stereocenters. The molecule has 2 aromatic rings. The maximum absolute atomic E-state index is 12.1. The van der Waals surface area contributed by atoms with Crippen molar-refractivity contribution in [3.63, 3.8) is 0 Å². The Morgan fingerprint density at radius 1 is 1.05 bits per heavy atom. The standard InChI is InChI=1S/C16H17NO4S/c1-21-15-10-6-5-9-14(15)16(18)17-11-12-22(19,20)13-7-3-2-4-8-13/h2-10H,11-12H2,1H3,(H,17,18). The van der Waals surface area contributed by atoms with Crippen LogP contribution in [0.2, 0.25) is 0 Å². The highest BCUT2D eigenvalue weighted by Crippen LogP contribution is 2.16. The number of hydrogen-bond donors (Lipinski definition) is 1. The van der Waals surface area contributed by atoms with E-state index in [-0.39, 0.29) is 23.1 Å². The van der Waals surface area contributed by atoms with Gasteiger partial charge >= 0.3 is 0 Å². The van der Waals surface area contributed by atoms with Crippen molar-refractivity contribution in [2.24, 2.45) is 0 Å². The van der Waals surface area contributed by atoms with E-state index in [1.807, 2.05) is 0 Å². The maximum atomic E-state index is 12.1. The first kappa shape index (κ1) is 16.0. The molecule has 1 N–H and O–H groups in total. The lowest BCUT2D eigenvalue weighted by Crippen LogP contribution is -2.29. The van der Waals surface area contributed by atoms with E-state index in [9.17, 15) is 13.2 Å². The smallest absolute Gasteiger partial charge is 0.255 e. The van der Waals surface area contributed by atoms with Gasteiger partial charge in [0.15, 0.2) is 9.84 Å². The van der Waals surface area contributed by atoms with Crippen LogP contribution < -0.4 is 10.1 Å². The molecule has 0 spiro atoms. The lowest BCUT2D eigenvalue weighted by atomic mass is 10.2. The van der Waals surface area contributed by atoms with Gasteiger partial charge in [0.25, 0.3) is 5.91 Å². The Morgan fingerprint density at radius 3 is 2.36 bits per heavy atom. The molecule has 0 saturated heterocycles. The average Bonchev–Trinajstić information content (AvgIpc) is 2.55. The molecule has 0 aliphatic heterocycles. The van der Waals surface area contributed by atoms with Crippen molar-refractivity contribution in [3.8, 4) is 5.75 Å². The van der Waals surface area contributed by atoms with Crippen LogP contribution in [0.1, 0.15) is 10.4 Å². The molecular formula is C16H17NO4S. The van der Waals surface area contributed by atoms with E-state index in [4.69, 9.17) is 4.74 Å². The topological polar surface area (TPSA) is 72.5 Å². The number of amides is 1. The predicted octanol–water partition coefficient (Wildman–Crippen LogP) is 1.90. The van der Waals surface area contributed by atoms with Gasteiger partial charge < -0.3 is 10.1 Å². The first-order chi connectivity index (χ1) is 10.5. The molecule has 0 aliphatic rings. The van der Waals surface area contributed by atoms with Crippen molar-refractivity contribution >= 4 is 15.7 Å². The molecule has 0 bridgehead atoms. The first-order valence-corrected chi connectivity index (χ1v) is 8.39. The van der Waals surface area contributed by atoms with Crippen molar-refractivity contribution in [1.29, 1.82) is 0 Å². The van der Waals surface area contributed by atoms with Gasteiger partial charge in [0.1, 0.15) is 5.75 Å². The van der Waals surface area contributed by atoms with Gasteiger partial charge in [-0.25, -0.2) is 8.42 Å². The molecular weight excluding hydrogens is 302 g/mol. The summed E-state index contributed by atoms with van der Waals surface area (Å²) in [5.74, 6) is -0.0654. The minimum absolute atomic E-state index is 0.0358. The van der Waals surface area contributed by atoms with Gasteiger partial charge in [-0.2, -0.15) is 0 Å². The fourth-order valence-corrected chi connectivity index (χ4v) is 3.15. The van der Waals surface area contributed by atoms with E-state index in [0.29, 0.717) is 11.3 Å². The molecule has 2 aromatic carbocycles. The van der Waals surface area contributed by atoms with E-state index in [2.05, 4.69) is 5.32 Å². The monoisotopic (exact) mass is 319 g/mol. The third kappa shape index (κ3) is 3.85. The number of benzene rings is 2. The van der Waals surface area contributed by atoms with Crippen LogP contribution in [0.15, 0.2) is 59.5 Å². The van der Waals surface area contributed by atoms with Gasteiger partial charge in [-0.15, -0.1) is 0 Å². The number of hydrogen-bond acceptors (Lipinski definition) is 4. The summed E-state index contributed by atoms with van der Waals surface area (Å²) in [6.45, 7) is 0.0358. The zero-order valence-electron chi connectivity index (χ0n) is 12.2. The zero-order chi connectivity index (χ0) is 16.0. The second-order valence-electron chi connectivity index (χ2n) is 4.59. The van der Waals surface area contributed by atoms with Gasteiger partial charge in [-0.3, -0.25) is 4.79 Å². The van der Waals surface area contributed by atoms with Crippen LogP contribution in [-0.2, 0) is 9.84 Å². The summed E-state index contributed by atoms with van der Waals surface area (Å²) in [7, 11) is -1.92. The van der Waals surface area contributed by atoms with Crippen LogP contribution in [0.5, 0.6) is 5.75 Å². The van der Waals surface area contributed by atoms with Gasteiger partial charge in [-0.1, -0.05) is 30.3 Å². The zero-order valence-corrected chi connectivity index (χ0v) is 13.0. The van der Waals surface area contributed by atoms with Crippen LogP contribution >= 0.6 is 0 Å². The number of methoxy groups -OCH3 is 1. The molecule has 0 fully saturated rings. The van der Waals surface area contributed by atoms with Crippen molar-refractivity contribution in [2.75, 3.05) is 19.4 Å². The van der Waals surface area contributed by atoms with Crippen LogP contribution in [0, 0.1) is 0 Å². The average molecular weight is 319 g/mol. The van der Waals surface area contributed by atoms with Crippen LogP contribution in [0.3, 0.4) is 0 Å². The number of carbonyl (C=O) groups is 1. The molecule has 0 heterocycles. The van der Waals surface area contributed by atoms with E-state index >= 15 is 0 Å². The van der Waals surface area contributed by atoms with Crippen molar-refractivity contribution in [3.05, 3.63) is 60.2 Å². The van der Waals surface area contributed by atoms with Crippen molar-refractivity contribution in [2.45, 2.75) is 4.90 Å². The second kappa shape index (κ2) is 7.09. The summed E-state index contributed by atoms with van der Waals surface area (Å²) in [5.41, 5.74) is 0.377. The summed E-state index contributed by atoms with van der Waals surface area (Å²) >= 11 is 0. The summed E-state index contributed by atoms with van der Waals surface area (Å²) < 4.78 is 29.3. The van der Waals surface area contributed by atoms with Crippen molar-refractivity contribution in [1.82, 2.24) is 5.32 Å². The van der Waals surface area contributed by atoms with Gasteiger partial charge in [0, 0.05) is 6.54 Å². The fourth-order valence-electron chi connectivity index (χ4n) is 1.97. The number of para-hydroxylation sites is 1. The first-order valence-electron chi connectivity index (χ1n) is 6.73. The molecule has 22 heavy (non-hydrogen) atoms. The lowest BCUT2D eigenvalue weighted by Gasteiger charge is -2.09. The molecule has 2 rings (SSSR count). The summed E-state index contributed by atoms with van der Waals surface area (Å²) in [6, 6.07) is 14.9. The molecule has 0 saturated carbocycles. The van der Waals surface area contributed by atoms with E-state index in [1.165, 1.54) is 19.2 Å². The molecule has 0 atom stereocenters. The molecule has 0 aromatic heterocycles. The molecule has 0 radical (unpaired) electrons. The molecule has 1 amide bonds. The number of nitrogens with one attached hydrogen (secondary N) is 1. The minimum atomic E-state index is -3.40. The largest absolute Gasteiger partial charge is 0.496 e. The second-order valence-corrected chi connectivity index (χ2v) is 6.70. The number of rotatable bonds is 6. The maximum Gasteiger partial charge on any atom is 0.255 e. The van der Waals surface area contributed by atoms with E-state index in [0.717, 1.165) is 0 Å². The predicted molar refractivity (Wildman–Crippen MR) is 83.8 cm³/mol. The highest BCUT2D eigenvalue weighted by molar-refractivity contribution is 7.91. The summed E-state index contributed by atoms with van der Waals surface area (Å²) in [6.07, 6.45) is 0. The Balaban J connectivity index is 1.98. The number of ether oxygens (including phenoxy) is 1. The molecule has 5 nitrogen and oxygen atoms in total. The van der Waals surface area contributed by atoms with Crippen LogP contribution in [0.25, 0.3) is 0 Å².